The van der Waals surface area contributed by atoms with Crippen molar-refractivity contribution in [1.29, 1.82) is 0 Å². The van der Waals surface area contributed by atoms with Gasteiger partial charge in [0.1, 0.15) is 0 Å². The summed E-state index contributed by atoms with van der Waals surface area (Å²) in [6, 6.07) is 0. The molecule has 0 nitrogen and oxygen atoms in total. The molecular formula is C9H17Br. The summed E-state index contributed by atoms with van der Waals surface area (Å²) in [6.07, 6.45) is 7.17. The second kappa shape index (κ2) is 3.25. The van der Waals surface area contributed by atoms with E-state index < -0.39 is 0 Å². The minimum atomic E-state index is 0.716. The van der Waals surface area contributed by atoms with Gasteiger partial charge in [-0.1, -0.05) is 42.6 Å². The van der Waals surface area contributed by atoms with Crippen LogP contribution in [0.1, 0.15) is 46.0 Å². The Kier molecular flexibility index (Phi) is 2.79. The average molecular weight is 205 g/mol. The summed E-state index contributed by atoms with van der Waals surface area (Å²) in [7, 11) is 0. The Morgan fingerprint density at radius 1 is 1.50 bits per heavy atom. The molecule has 10 heavy (non-hydrogen) atoms. The lowest BCUT2D eigenvalue weighted by molar-refractivity contribution is 0.115. The minimum Gasteiger partial charge on any atom is -0.0893 e. The molecule has 0 amide bonds. The van der Waals surface area contributed by atoms with E-state index in [4.69, 9.17) is 0 Å². The quantitative estimate of drug-likeness (QED) is 0.615. The van der Waals surface area contributed by atoms with Gasteiger partial charge in [-0.2, -0.15) is 0 Å². The third-order valence-corrected chi connectivity index (χ3v) is 3.20. The maximum absolute atomic E-state index is 3.63. The van der Waals surface area contributed by atoms with Crippen molar-refractivity contribution in [3.63, 3.8) is 0 Å². The van der Waals surface area contributed by atoms with E-state index in [0.29, 0.717) is 4.83 Å². The molecule has 0 saturated heterocycles. The van der Waals surface area contributed by atoms with Gasteiger partial charge in [-0.15, -0.1) is 0 Å². The van der Waals surface area contributed by atoms with Crippen molar-refractivity contribution in [3.8, 4) is 0 Å². The second-order valence-electron chi connectivity index (χ2n) is 3.69. The molecule has 60 valence electrons. The highest BCUT2D eigenvalue weighted by Crippen LogP contribution is 2.48. The number of alkyl halides is 1. The summed E-state index contributed by atoms with van der Waals surface area (Å²) in [5.41, 5.74) is 0.739. The fraction of sp³-hybridized carbons (Fsp3) is 1.00. The van der Waals surface area contributed by atoms with E-state index in [0.717, 1.165) is 5.41 Å². The van der Waals surface area contributed by atoms with E-state index in [9.17, 15) is 0 Å². The van der Waals surface area contributed by atoms with Crippen LogP contribution in [-0.2, 0) is 0 Å². The van der Waals surface area contributed by atoms with Crippen molar-refractivity contribution in [3.05, 3.63) is 0 Å². The van der Waals surface area contributed by atoms with Gasteiger partial charge in [-0.25, -0.2) is 0 Å². The molecule has 1 aliphatic rings. The summed E-state index contributed by atoms with van der Waals surface area (Å²) in [5.74, 6) is 0. The predicted molar refractivity (Wildman–Crippen MR) is 49.6 cm³/mol. The van der Waals surface area contributed by atoms with Crippen LogP contribution in [-0.4, -0.2) is 4.83 Å². The SMILES string of the molecule is CCC1(CC(C)Br)CCC1. The molecule has 0 aromatic heterocycles. The van der Waals surface area contributed by atoms with Gasteiger partial charge in [0.2, 0.25) is 0 Å². The van der Waals surface area contributed by atoms with Gasteiger partial charge in [0, 0.05) is 4.83 Å². The molecule has 0 aromatic carbocycles. The summed E-state index contributed by atoms with van der Waals surface area (Å²) in [6.45, 7) is 4.59. The molecule has 0 aliphatic heterocycles. The normalized spacial score (nSPS) is 25.5. The Morgan fingerprint density at radius 2 is 2.10 bits per heavy atom. The maximum atomic E-state index is 3.63. The van der Waals surface area contributed by atoms with Crippen molar-refractivity contribution in [2.45, 2.75) is 50.8 Å². The van der Waals surface area contributed by atoms with Gasteiger partial charge in [-0.05, 0) is 24.7 Å². The van der Waals surface area contributed by atoms with Crippen molar-refractivity contribution >= 4 is 15.9 Å². The van der Waals surface area contributed by atoms with Gasteiger partial charge >= 0.3 is 0 Å². The standard InChI is InChI=1S/C9H17Br/c1-3-9(5-4-6-9)7-8(2)10/h8H,3-7H2,1-2H3. The van der Waals surface area contributed by atoms with Crippen LogP contribution in [0.5, 0.6) is 0 Å². The molecular weight excluding hydrogens is 188 g/mol. The Bertz CT molecular complexity index is 97.8. The second-order valence-corrected chi connectivity index (χ2v) is 5.26. The first-order chi connectivity index (χ1) is 4.68. The van der Waals surface area contributed by atoms with Crippen molar-refractivity contribution in [1.82, 2.24) is 0 Å². The molecule has 1 fully saturated rings. The molecule has 0 heterocycles. The van der Waals surface area contributed by atoms with Crippen LogP contribution in [0.2, 0.25) is 0 Å². The van der Waals surface area contributed by atoms with E-state index in [-0.39, 0.29) is 0 Å². The summed E-state index contributed by atoms with van der Waals surface area (Å²) in [4.78, 5) is 0.716. The van der Waals surface area contributed by atoms with Gasteiger partial charge in [-0.3, -0.25) is 0 Å². The third kappa shape index (κ3) is 1.75. The van der Waals surface area contributed by atoms with Gasteiger partial charge < -0.3 is 0 Å². The van der Waals surface area contributed by atoms with Crippen LogP contribution in [0.4, 0.5) is 0 Å². The van der Waals surface area contributed by atoms with E-state index in [1.807, 2.05) is 0 Å². The van der Waals surface area contributed by atoms with Gasteiger partial charge in [0.05, 0.1) is 0 Å². The van der Waals surface area contributed by atoms with Crippen molar-refractivity contribution < 1.29 is 0 Å². The van der Waals surface area contributed by atoms with Crippen molar-refractivity contribution in [2.75, 3.05) is 0 Å². The first kappa shape index (κ1) is 8.58. The molecule has 0 aromatic rings. The Labute approximate surface area is 72.5 Å². The van der Waals surface area contributed by atoms with Crippen LogP contribution < -0.4 is 0 Å². The average Bonchev–Trinajstić information content (AvgIpc) is 1.78. The summed E-state index contributed by atoms with van der Waals surface area (Å²) in [5, 5.41) is 0. The molecule has 1 aliphatic carbocycles. The third-order valence-electron chi connectivity index (χ3n) is 2.88. The zero-order chi connectivity index (χ0) is 7.61. The minimum absolute atomic E-state index is 0.716. The summed E-state index contributed by atoms with van der Waals surface area (Å²) < 4.78 is 0. The molecule has 1 rings (SSSR count). The molecule has 1 saturated carbocycles. The Hall–Kier alpha value is 0.480. The number of rotatable bonds is 3. The molecule has 0 spiro atoms. The maximum Gasteiger partial charge on any atom is 0.0122 e. The van der Waals surface area contributed by atoms with E-state index in [1.165, 1.54) is 32.1 Å². The van der Waals surface area contributed by atoms with Crippen molar-refractivity contribution in [2.24, 2.45) is 5.41 Å². The first-order valence-electron chi connectivity index (χ1n) is 4.33. The monoisotopic (exact) mass is 204 g/mol. The highest BCUT2D eigenvalue weighted by molar-refractivity contribution is 9.09. The largest absolute Gasteiger partial charge is 0.0893 e. The topological polar surface area (TPSA) is 0 Å². The van der Waals surface area contributed by atoms with Crippen LogP contribution in [0, 0.1) is 5.41 Å². The zero-order valence-corrected chi connectivity index (χ0v) is 8.58. The molecule has 1 atom stereocenters. The van der Waals surface area contributed by atoms with Crippen LogP contribution in [0.3, 0.4) is 0 Å². The van der Waals surface area contributed by atoms with Gasteiger partial charge in [0.25, 0.3) is 0 Å². The highest BCUT2D eigenvalue weighted by atomic mass is 79.9. The van der Waals surface area contributed by atoms with Crippen LogP contribution in [0.15, 0.2) is 0 Å². The number of halogens is 1. The zero-order valence-electron chi connectivity index (χ0n) is 6.99. The molecule has 0 radical (unpaired) electrons. The molecule has 0 N–H and O–H groups in total. The van der Waals surface area contributed by atoms with E-state index in [1.54, 1.807) is 0 Å². The molecule has 1 unspecified atom stereocenters. The Balaban J connectivity index is 2.33. The van der Waals surface area contributed by atoms with Crippen LogP contribution >= 0.6 is 15.9 Å². The predicted octanol–water partition coefficient (Wildman–Crippen LogP) is 3.74. The lowest BCUT2D eigenvalue weighted by atomic mass is 9.64. The lowest BCUT2D eigenvalue weighted by Crippen LogP contribution is -2.30. The van der Waals surface area contributed by atoms with E-state index >= 15 is 0 Å². The molecule has 0 bridgehead atoms. The highest BCUT2D eigenvalue weighted by Gasteiger charge is 2.35. The molecule has 1 heteroatoms. The van der Waals surface area contributed by atoms with Gasteiger partial charge in [0.15, 0.2) is 0 Å². The number of hydrogen-bond acceptors (Lipinski definition) is 0. The lowest BCUT2D eigenvalue weighted by Gasteiger charge is -2.42. The van der Waals surface area contributed by atoms with E-state index in [2.05, 4.69) is 29.8 Å². The first-order valence-corrected chi connectivity index (χ1v) is 5.24. The Morgan fingerprint density at radius 3 is 2.20 bits per heavy atom. The summed E-state index contributed by atoms with van der Waals surface area (Å²) >= 11 is 3.63. The van der Waals surface area contributed by atoms with Crippen LogP contribution in [0.25, 0.3) is 0 Å². The number of hydrogen-bond donors (Lipinski definition) is 0. The fourth-order valence-electron chi connectivity index (χ4n) is 1.98. The smallest absolute Gasteiger partial charge is 0.0122 e. The fourth-order valence-corrected chi connectivity index (χ4v) is 2.66.